The van der Waals surface area contributed by atoms with Crippen molar-refractivity contribution in [3.05, 3.63) is 199 Å². The zero-order valence-corrected chi connectivity index (χ0v) is 29.3. The molecule has 1 aliphatic rings. The molecule has 0 unspecified atom stereocenters. The van der Waals surface area contributed by atoms with E-state index < -0.39 is 0 Å². The van der Waals surface area contributed by atoms with Crippen molar-refractivity contribution in [1.29, 1.82) is 0 Å². The molecule has 9 aromatic rings. The van der Waals surface area contributed by atoms with Crippen LogP contribution in [-0.4, -0.2) is 0 Å². The van der Waals surface area contributed by atoms with E-state index in [2.05, 4.69) is 207 Å². The van der Waals surface area contributed by atoms with Gasteiger partial charge in [0.1, 0.15) is 0 Å². The second kappa shape index (κ2) is 11.8. The molecule has 9 aromatic carbocycles. The molecule has 0 atom stereocenters. The number of rotatable bonds is 5. The van der Waals surface area contributed by atoms with Crippen LogP contribution in [0.2, 0.25) is 0 Å². The van der Waals surface area contributed by atoms with Gasteiger partial charge in [-0.1, -0.05) is 159 Å². The number of hydrogen-bond donors (Lipinski definition) is 0. The van der Waals surface area contributed by atoms with Gasteiger partial charge in [0.2, 0.25) is 0 Å². The molecular formula is C51H37N. The molecule has 0 spiro atoms. The molecule has 1 nitrogen and oxygen atoms in total. The molecule has 0 amide bonds. The van der Waals surface area contributed by atoms with Crippen LogP contribution in [0.4, 0.5) is 17.1 Å². The van der Waals surface area contributed by atoms with Gasteiger partial charge in [0.15, 0.2) is 0 Å². The lowest BCUT2D eigenvalue weighted by Gasteiger charge is -2.28. The van der Waals surface area contributed by atoms with E-state index in [1.54, 1.807) is 0 Å². The van der Waals surface area contributed by atoms with Gasteiger partial charge in [-0.25, -0.2) is 0 Å². The fourth-order valence-electron chi connectivity index (χ4n) is 8.61. The van der Waals surface area contributed by atoms with Gasteiger partial charge in [-0.05, 0) is 119 Å². The van der Waals surface area contributed by atoms with Crippen LogP contribution < -0.4 is 4.90 Å². The van der Waals surface area contributed by atoms with Gasteiger partial charge in [0, 0.05) is 22.5 Å². The number of fused-ring (bicyclic) bond motifs is 9. The molecule has 0 aromatic heterocycles. The molecule has 0 fully saturated rings. The quantitative estimate of drug-likeness (QED) is 0.166. The van der Waals surface area contributed by atoms with Crippen LogP contribution in [0.3, 0.4) is 0 Å². The van der Waals surface area contributed by atoms with Crippen molar-refractivity contribution in [1.82, 2.24) is 0 Å². The minimum absolute atomic E-state index is 0.0954. The summed E-state index contributed by atoms with van der Waals surface area (Å²) in [6, 6.07) is 69.2. The molecule has 1 aliphatic carbocycles. The van der Waals surface area contributed by atoms with Crippen LogP contribution in [0.15, 0.2) is 188 Å². The SMILES string of the molecule is CC1(C)c2ccccc2-c2ccc(N(c3ccc(-c4ccccc4)cc3)c3ccc4c5ccc(-c6ccccc6)cc5c5ccccc5c4c3)cc21. The molecule has 10 rings (SSSR count). The molecule has 246 valence electrons. The predicted octanol–water partition coefficient (Wildman–Crippen LogP) is 14.3. The summed E-state index contributed by atoms with van der Waals surface area (Å²) in [7, 11) is 0. The van der Waals surface area contributed by atoms with Crippen LogP contribution in [0, 0.1) is 0 Å². The Balaban J connectivity index is 1.18. The predicted molar refractivity (Wildman–Crippen MR) is 222 cm³/mol. The first kappa shape index (κ1) is 30.4. The van der Waals surface area contributed by atoms with E-state index in [-0.39, 0.29) is 5.41 Å². The molecule has 52 heavy (non-hydrogen) atoms. The summed E-state index contributed by atoms with van der Waals surface area (Å²) in [4.78, 5) is 2.44. The number of hydrogen-bond acceptors (Lipinski definition) is 1. The molecule has 0 aliphatic heterocycles. The van der Waals surface area contributed by atoms with Gasteiger partial charge in [-0.15, -0.1) is 0 Å². The van der Waals surface area contributed by atoms with Crippen molar-refractivity contribution in [2.24, 2.45) is 0 Å². The summed E-state index contributed by atoms with van der Waals surface area (Å²) in [5, 5.41) is 7.62. The minimum Gasteiger partial charge on any atom is -0.310 e. The molecule has 0 N–H and O–H groups in total. The van der Waals surface area contributed by atoms with Crippen LogP contribution in [-0.2, 0) is 5.41 Å². The van der Waals surface area contributed by atoms with Gasteiger partial charge < -0.3 is 4.90 Å². The number of anilines is 3. The average molecular weight is 664 g/mol. The van der Waals surface area contributed by atoms with Crippen LogP contribution in [0.5, 0.6) is 0 Å². The first-order valence-corrected chi connectivity index (χ1v) is 18.2. The van der Waals surface area contributed by atoms with Gasteiger partial charge in [-0.3, -0.25) is 0 Å². The first-order chi connectivity index (χ1) is 25.5. The maximum Gasteiger partial charge on any atom is 0.0468 e. The largest absolute Gasteiger partial charge is 0.310 e. The second-order valence-electron chi connectivity index (χ2n) is 14.6. The standard InChI is InChI=1S/C51H37N/c1-51(2)49-20-12-11-19-45(49)46-30-27-40(33-50(46)51)52(38-24-21-36(22-25-38)34-13-5-3-6-14-34)39-26-29-44-43-28-23-37(35-15-7-4-8-16-35)31-47(43)41-17-9-10-18-42(41)48(44)32-39/h3-33H,1-2H3. The summed E-state index contributed by atoms with van der Waals surface area (Å²) < 4.78 is 0. The molecule has 0 saturated heterocycles. The maximum absolute atomic E-state index is 2.44. The van der Waals surface area contributed by atoms with Crippen LogP contribution >= 0.6 is 0 Å². The van der Waals surface area contributed by atoms with E-state index in [4.69, 9.17) is 0 Å². The molecule has 0 radical (unpaired) electrons. The summed E-state index contributed by atoms with van der Waals surface area (Å²) in [6.45, 7) is 4.72. The van der Waals surface area contributed by atoms with Crippen molar-refractivity contribution < 1.29 is 0 Å². The Hall–Kier alpha value is -6.44. The van der Waals surface area contributed by atoms with Crippen molar-refractivity contribution in [2.75, 3.05) is 4.90 Å². The van der Waals surface area contributed by atoms with Crippen molar-refractivity contribution in [2.45, 2.75) is 19.3 Å². The van der Waals surface area contributed by atoms with Gasteiger partial charge in [-0.2, -0.15) is 0 Å². The zero-order chi connectivity index (χ0) is 34.8. The first-order valence-electron chi connectivity index (χ1n) is 18.2. The average Bonchev–Trinajstić information content (AvgIpc) is 3.44. The summed E-state index contributed by atoms with van der Waals surface area (Å²) in [5.74, 6) is 0. The van der Waals surface area contributed by atoms with E-state index in [9.17, 15) is 0 Å². The lowest BCUT2D eigenvalue weighted by Crippen LogP contribution is -2.16. The molecule has 0 saturated carbocycles. The highest BCUT2D eigenvalue weighted by Crippen LogP contribution is 2.51. The van der Waals surface area contributed by atoms with Gasteiger partial charge >= 0.3 is 0 Å². The number of nitrogens with zero attached hydrogens (tertiary/aromatic N) is 1. The molecule has 1 heteroatoms. The van der Waals surface area contributed by atoms with E-state index in [1.165, 1.54) is 76.8 Å². The Morgan fingerprint density at radius 2 is 0.769 bits per heavy atom. The van der Waals surface area contributed by atoms with Crippen molar-refractivity contribution in [3.8, 4) is 33.4 Å². The van der Waals surface area contributed by atoms with Crippen LogP contribution in [0.1, 0.15) is 25.0 Å². The Kier molecular flexibility index (Phi) is 6.91. The van der Waals surface area contributed by atoms with Gasteiger partial charge in [0.05, 0.1) is 0 Å². The second-order valence-corrected chi connectivity index (χ2v) is 14.6. The van der Waals surface area contributed by atoms with Crippen LogP contribution in [0.25, 0.3) is 65.7 Å². The number of benzene rings is 9. The van der Waals surface area contributed by atoms with Crippen molar-refractivity contribution in [3.63, 3.8) is 0 Å². The van der Waals surface area contributed by atoms with E-state index in [1.807, 2.05) is 0 Å². The Bertz CT molecular complexity index is 2770. The highest BCUT2D eigenvalue weighted by atomic mass is 15.1. The van der Waals surface area contributed by atoms with E-state index in [0.29, 0.717) is 0 Å². The Labute approximate surface area is 305 Å². The smallest absolute Gasteiger partial charge is 0.0468 e. The normalized spacial score (nSPS) is 13.0. The highest BCUT2D eigenvalue weighted by Gasteiger charge is 2.35. The van der Waals surface area contributed by atoms with Gasteiger partial charge in [0.25, 0.3) is 0 Å². The topological polar surface area (TPSA) is 3.24 Å². The third-order valence-electron chi connectivity index (χ3n) is 11.2. The maximum atomic E-state index is 2.44. The molecule has 0 heterocycles. The lowest BCUT2D eigenvalue weighted by atomic mass is 9.82. The minimum atomic E-state index is -0.0954. The Morgan fingerprint density at radius 1 is 0.308 bits per heavy atom. The fraction of sp³-hybridized carbons (Fsp3) is 0.0588. The van der Waals surface area contributed by atoms with E-state index >= 15 is 0 Å². The highest BCUT2D eigenvalue weighted by molar-refractivity contribution is 6.26. The third kappa shape index (κ3) is 4.77. The van der Waals surface area contributed by atoms with Crippen molar-refractivity contribution >= 4 is 49.4 Å². The summed E-state index contributed by atoms with van der Waals surface area (Å²) in [6.07, 6.45) is 0. The third-order valence-corrected chi connectivity index (χ3v) is 11.2. The zero-order valence-electron chi connectivity index (χ0n) is 29.3. The lowest BCUT2D eigenvalue weighted by molar-refractivity contribution is 0.660. The monoisotopic (exact) mass is 663 g/mol. The molecular weight excluding hydrogens is 627 g/mol. The summed E-state index contributed by atoms with van der Waals surface area (Å²) in [5.41, 5.74) is 13.7. The summed E-state index contributed by atoms with van der Waals surface area (Å²) >= 11 is 0. The Morgan fingerprint density at radius 3 is 1.48 bits per heavy atom. The molecule has 0 bridgehead atoms. The van der Waals surface area contributed by atoms with E-state index in [0.717, 1.165) is 17.1 Å². The fourth-order valence-corrected chi connectivity index (χ4v) is 8.61.